The van der Waals surface area contributed by atoms with Crippen LogP contribution in [0.25, 0.3) is 5.57 Å². The van der Waals surface area contributed by atoms with E-state index in [1.807, 2.05) is 52.0 Å². The molecular weight excluding hydrogens is 264 g/mol. The van der Waals surface area contributed by atoms with Crippen molar-refractivity contribution in [3.8, 4) is 5.75 Å². The van der Waals surface area contributed by atoms with Gasteiger partial charge in [0.2, 0.25) is 0 Å². The van der Waals surface area contributed by atoms with E-state index in [4.69, 9.17) is 9.47 Å². The topological polar surface area (TPSA) is 35.5 Å². The normalized spacial score (nSPS) is 12.1. The van der Waals surface area contributed by atoms with Crippen molar-refractivity contribution >= 4 is 11.5 Å². The summed E-state index contributed by atoms with van der Waals surface area (Å²) in [6, 6.07) is 7.86. The smallest absolute Gasteiger partial charge is 0.331 e. The Bertz CT molecular complexity index is 478. The Morgan fingerprint density at radius 3 is 2.24 bits per heavy atom. The van der Waals surface area contributed by atoms with Gasteiger partial charge in [-0.2, -0.15) is 0 Å². The number of allylic oxidation sites excluding steroid dienone is 1. The lowest BCUT2D eigenvalue weighted by Gasteiger charge is -2.21. The van der Waals surface area contributed by atoms with Crippen LogP contribution in [0, 0.1) is 0 Å². The zero-order chi connectivity index (χ0) is 15.9. The number of benzene rings is 1. The number of carbonyl (C=O) groups excluding carboxylic acids is 1. The van der Waals surface area contributed by atoms with Crippen LogP contribution >= 0.6 is 0 Å². The molecule has 0 aliphatic rings. The summed E-state index contributed by atoms with van der Waals surface area (Å²) < 4.78 is 10.8. The molecule has 3 nitrogen and oxygen atoms in total. The zero-order valence-corrected chi connectivity index (χ0v) is 13.7. The fourth-order valence-electron chi connectivity index (χ4n) is 1.99. The molecule has 116 valence electrons. The predicted molar refractivity (Wildman–Crippen MR) is 86.3 cm³/mol. The van der Waals surface area contributed by atoms with Crippen LogP contribution in [0.1, 0.15) is 53.0 Å². The fraction of sp³-hybridized carbons (Fsp3) is 0.500. The standard InChI is InChI=1S/C18H26O3/c1-6-8-15(13-17(19)20-7-2)14-9-11-16(12-10-14)21-18(3,4)5/h9-13H,6-8H2,1-5H3. The highest BCUT2D eigenvalue weighted by Gasteiger charge is 2.12. The Kier molecular flexibility index (Phi) is 6.47. The van der Waals surface area contributed by atoms with Crippen LogP contribution < -0.4 is 4.74 Å². The van der Waals surface area contributed by atoms with Crippen molar-refractivity contribution in [3.05, 3.63) is 35.9 Å². The van der Waals surface area contributed by atoms with Crippen LogP contribution in [0.5, 0.6) is 5.75 Å². The van der Waals surface area contributed by atoms with Gasteiger partial charge in [0, 0.05) is 6.08 Å². The molecule has 0 aliphatic carbocycles. The van der Waals surface area contributed by atoms with E-state index in [1.165, 1.54) is 0 Å². The second-order valence-corrected chi connectivity index (χ2v) is 5.91. The average molecular weight is 290 g/mol. The van der Waals surface area contributed by atoms with Gasteiger partial charge in [0.25, 0.3) is 0 Å². The Morgan fingerprint density at radius 2 is 1.76 bits per heavy atom. The van der Waals surface area contributed by atoms with E-state index >= 15 is 0 Å². The molecule has 0 aromatic heterocycles. The predicted octanol–water partition coefficient (Wildman–Crippen LogP) is 4.61. The van der Waals surface area contributed by atoms with Crippen LogP contribution in [-0.4, -0.2) is 18.2 Å². The Morgan fingerprint density at radius 1 is 1.14 bits per heavy atom. The molecule has 0 fully saturated rings. The first-order chi connectivity index (χ1) is 9.85. The Balaban J connectivity index is 2.92. The molecule has 0 aliphatic heterocycles. The molecule has 0 saturated carbocycles. The highest BCUT2D eigenvalue weighted by atomic mass is 16.5. The van der Waals surface area contributed by atoms with Crippen LogP contribution in [0.15, 0.2) is 30.3 Å². The van der Waals surface area contributed by atoms with E-state index in [9.17, 15) is 4.79 Å². The number of ether oxygens (including phenoxy) is 2. The first-order valence-electron chi connectivity index (χ1n) is 7.52. The van der Waals surface area contributed by atoms with Crippen molar-refractivity contribution in [3.63, 3.8) is 0 Å². The van der Waals surface area contributed by atoms with Crippen molar-refractivity contribution in [2.45, 2.75) is 53.1 Å². The minimum Gasteiger partial charge on any atom is -0.488 e. The molecule has 0 unspecified atom stereocenters. The summed E-state index contributed by atoms with van der Waals surface area (Å²) in [5.41, 5.74) is 1.82. The summed E-state index contributed by atoms with van der Waals surface area (Å²) in [6.45, 7) is 10.4. The summed E-state index contributed by atoms with van der Waals surface area (Å²) in [6.07, 6.45) is 3.41. The summed E-state index contributed by atoms with van der Waals surface area (Å²) >= 11 is 0. The molecule has 1 aromatic carbocycles. The second-order valence-electron chi connectivity index (χ2n) is 5.91. The van der Waals surface area contributed by atoms with Crippen molar-refractivity contribution in [1.29, 1.82) is 0 Å². The minimum absolute atomic E-state index is 0.214. The number of rotatable bonds is 6. The number of esters is 1. The van der Waals surface area contributed by atoms with Crippen molar-refractivity contribution in [2.24, 2.45) is 0 Å². The number of hydrogen-bond donors (Lipinski definition) is 0. The molecule has 21 heavy (non-hydrogen) atoms. The molecule has 0 bridgehead atoms. The van der Waals surface area contributed by atoms with E-state index in [-0.39, 0.29) is 11.6 Å². The third kappa shape index (κ3) is 6.48. The van der Waals surface area contributed by atoms with E-state index in [0.29, 0.717) is 6.61 Å². The molecular formula is C18H26O3. The number of carbonyl (C=O) groups is 1. The maximum atomic E-state index is 11.6. The molecule has 1 aromatic rings. The average Bonchev–Trinajstić information content (AvgIpc) is 2.37. The maximum absolute atomic E-state index is 11.6. The molecule has 0 heterocycles. The van der Waals surface area contributed by atoms with Crippen LogP contribution in [0.3, 0.4) is 0 Å². The van der Waals surface area contributed by atoms with E-state index < -0.39 is 0 Å². The lowest BCUT2D eigenvalue weighted by Crippen LogP contribution is -2.22. The van der Waals surface area contributed by atoms with Gasteiger partial charge >= 0.3 is 5.97 Å². The highest BCUT2D eigenvalue weighted by molar-refractivity contribution is 5.91. The molecule has 1 rings (SSSR count). The first kappa shape index (κ1) is 17.3. The molecule has 3 heteroatoms. The van der Waals surface area contributed by atoms with E-state index in [2.05, 4.69) is 6.92 Å². The molecule has 0 N–H and O–H groups in total. The first-order valence-corrected chi connectivity index (χ1v) is 7.52. The summed E-state index contributed by atoms with van der Waals surface area (Å²) in [4.78, 5) is 11.6. The maximum Gasteiger partial charge on any atom is 0.331 e. The minimum atomic E-state index is -0.282. The van der Waals surface area contributed by atoms with Crippen molar-refractivity contribution in [2.75, 3.05) is 6.61 Å². The van der Waals surface area contributed by atoms with Crippen molar-refractivity contribution < 1.29 is 14.3 Å². The largest absolute Gasteiger partial charge is 0.488 e. The Hall–Kier alpha value is -1.77. The summed E-state index contributed by atoms with van der Waals surface area (Å²) in [5, 5.41) is 0. The Labute approximate surface area is 128 Å². The zero-order valence-electron chi connectivity index (χ0n) is 13.7. The fourth-order valence-corrected chi connectivity index (χ4v) is 1.99. The van der Waals surface area contributed by atoms with Gasteiger partial charge in [0.05, 0.1) is 6.61 Å². The van der Waals surface area contributed by atoms with Crippen LogP contribution in [0.2, 0.25) is 0 Å². The molecule has 0 amide bonds. The van der Waals surface area contributed by atoms with Crippen LogP contribution in [0.4, 0.5) is 0 Å². The lowest BCUT2D eigenvalue weighted by molar-refractivity contribution is -0.137. The SMILES string of the molecule is CCCC(=CC(=O)OCC)c1ccc(OC(C)(C)C)cc1. The van der Waals surface area contributed by atoms with E-state index in [1.54, 1.807) is 6.08 Å². The van der Waals surface area contributed by atoms with Gasteiger partial charge in [-0.25, -0.2) is 4.79 Å². The second kappa shape index (κ2) is 7.87. The highest BCUT2D eigenvalue weighted by Crippen LogP contribution is 2.24. The van der Waals surface area contributed by atoms with Gasteiger partial charge in [-0.3, -0.25) is 0 Å². The van der Waals surface area contributed by atoms with Gasteiger partial charge in [-0.05, 0) is 57.4 Å². The van der Waals surface area contributed by atoms with Gasteiger partial charge in [-0.1, -0.05) is 25.5 Å². The molecule has 0 radical (unpaired) electrons. The lowest BCUT2D eigenvalue weighted by atomic mass is 10.0. The third-order valence-corrected chi connectivity index (χ3v) is 2.75. The van der Waals surface area contributed by atoms with Crippen molar-refractivity contribution in [1.82, 2.24) is 0 Å². The number of hydrogen-bond acceptors (Lipinski definition) is 3. The quantitative estimate of drug-likeness (QED) is 0.567. The van der Waals surface area contributed by atoms with Crippen LogP contribution in [-0.2, 0) is 9.53 Å². The van der Waals surface area contributed by atoms with Gasteiger partial charge in [0.15, 0.2) is 0 Å². The van der Waals surface area contributed by atoms with Gasteiger partial charge < -0.3 is 9.47 Å². The molecule has 0 spiro atoms. The summed E-state index contributed by atoms with van der Waals surface area (Å²) in [5.74, 6) is 0.550. The van der Waals surface area contributed by atoms with Gasteiger partial charge in [-0.15, -0.1) is 0 Å². The third-order valence-electron chi connectivity index (χ3n) is 2.75. The summed E-state index contributed by atoms with van der Waals surface area (Å²) in [7, 11) is 0. The molecule has 0 saturated heterocycles. The monoisotopic (exact) mass is 290 g/mol. The molecule has 0 atom stereocenters. The van der Waals surface area contributed by atoms with E-state index in [0.717, 1.165) is 29.7 Å². The van der Waals surface area contributed by atoms with Gasteiger partial charge in [0.1, 0.15) is 11.4 Å².